The second-order valence-electron chi connectivity index (χ2n) is 12.0. The van der Waals surface area contributed by atoms with Crippen molar-refractivity contribution >= 4 is 21.6 Å². The maximum absolute atomic E-state index is 13.7. The molecule has 6 nitrogen and oxygen atoms in total. The van der Waals surface area contributed by atoms with E-state index >= 15 is 0 Å². The molecule has 186 valence electrons. The van der Waals surface area contributed by atoms with Gasteiger partial charge in [-0.05, 0) is 60.9 Å². The smallest absolute Gasteiger partial charge is 0.264 e. The van der Waals surface area contributed by atoms with Gasteiger partial charge in [-0.2, -0.15) is 0 Å². The molecule has 0 unspecified atom stereocenters. The molecule has 3 rings (SSSR count). The molecule has 34 heavy (non-hydrogen) atoms. The van der Waals surface area contributed by atoms with E-state index in [0.29, 0.717) is 11.4 Å². The van der Waals surface area contributed by atoms with E-state index < -0.39 is 21.7 Å². The van der Waals surface area contributed by atoms with Crippen LogP contribution in [-0.4, -0.2) is 32.5 Å². The Morgan fingerprint density at radius 1 is 1.00 bits per heavy atom. The number of carbonyl (C=O) groups is 1. The third-order valence-electron chi connectivity index (χ3n) is 5.75. The summed E-state index contributed by atoms with van der Waals surface area (Å²) in [6.07, 6.45) is -0.207. The SMILES string of the molecule is CC(C)(C)CC(C)(C)NC(=O)[C@@H]1CN(S(=O)(=O)c2ccccc2)c2cc(C(C)(C)C)ccc2O1. The van der Waals surface area contributed by atoms with E-state index in [0.717, 1.165) is 12.0 Å². The fourth-order valence-corrected chi connectivity index (χ4v) is 6.07. The zero-order valence-electron chi connectivity index (χ0n) is 21.6. The van der Waals surface area contributed by atoms with Gasteiger partial charge in [0, 0.05) is 5.54 Å². The van der Waals surface area contributed by atoms with Crippen LogP contribution in [0.25, 0.3) is 0 Å². The van der Waals surface area contributed by atoms with Crippen LogP contribution in [0.15, 0.2) is 53.4 Å². The molecule has 0 aromatic heterocycles. The highest BCUT2D eigenvalue weighted by atomic mass is 32.2. The van der Waals surface area contributed by atoms with Crippen molar-refractivity contribution in [3.63, 3.8) is 0 Å². The van der Waals surface area contributed by atoms with Gasteiger partial charge in [0.25, 0.3) is 15.9 Å². The van der Waals surface area contributed by atoms with Crippen LogP contribution in [0, 0.1) is 5.41 Å². The zero-order chi connectivity index (χ0) is 25.5. The van der Waals surface area contributed by atoms with Gasteiger partial charge in [-0.25, -0.2) is 8.42 Å². The van der Waals surface area contributed by atoms with Crippen LogP contribution in [-0.2, 0) is 20.2 Å². The van der Waals surface area contributed by atoms with Crippen LogP contribution in [0.4, 0.5) is 5.69 Å². The highest BCUT2D eigenvalue weighted by Crippen LogP contribution is 2.40. The van der Waals surface area contributed by atoms with Gasteiger partial charge in [-0.15, -0.1) is 0 Å². The molecule has 0 spiro atoms. The van der Waals surface area contributed by atoms with Gasteiger partial charge in [0.2, 0.25) is 0 Å². The predicted octanol–water partition coefficient (Wildman–Crippen LogP) is 5.27. The first-order valence-corrected chi connectivity index (χ1v) is 13.1. The minimum absolute atomic E-state index is 0.0167. The van der Waals surface area contributed by atoms with Gasteiger partial charge in [0.15, 0.2) is 6.10 Å². The molecule has 1 aliphatic heterocycles. The Hall–Kier alpha value is -2.54. The van der Waals surface area contributed by atoms with Crippen molar-refractivity contribution in [3.8, 4) is 5.75 Å². The van der Waals surface area contributed by atoms with Crippen molar-refractivity contribution in [2.75, 3.05) is 10.8 Å². The molecule has 1 aliphatic rings. The fourth-order valence-electron chi connectivity index (χ4n) is 4.59. The largest absolute Gasteiger partial charge is 0.476 e. The zero-order valence-corrected chi connectivity index (χ0v) is 22.4. The third kappa shape index (κ3) is 5.93. The Morgan fingerprint density at radius 2 is 1.62 bits per heavy atom. The van der Waals surface area contributed by atoms with E-state index in [1.54, 1.807) is 36.4 Å². The van der Waals surface area contributed by atoms with Gasteiger partial charge in [0.1, 0.15) is 5.75 Å². The number of hydrogen-bond donors (Lipinski definition) is 1. The number of fused-ring (bicyclic) bond motifs is 1. The number of nitrogens with zero attached hydrogens (tertiary/aromatic N) is 1. The molecule has 0 aliphatic carbocycles. The third-order valence-corrected chi connectivity index (χ3v) is 7.55. The predicted molar refractivity (Wildman–Crippen MR) is 137 cm³/mol. The van der Waals surface area contributed by atoms with E-state index in [2.05, 4.69) is 46.9 Å². The van der Waals surface area contributed by atoms with E-state index in [9.17, 15) is 13.2 Å². The summed E-state index contributed by atoms with van der Waals surface area (Å²) < 4.78 is 34.8. The van der Waals surface area contributed by atoms with Crippen LogP contribution in [0.1, 0.15) is 67.4 Å². The molecule has 1 N–H and O–H groups in total. The summed E-state index contributed by atoms with van der Waals surface area (Å²) in [6.45, 7) is 16.4. The lowest BCUT2D eigenvalue weighted by Crippen LogP contribution is -2.55. The van der Waals surface area contributed by atoms with E-state index in [-0.39, 0.29) is 28.2 Å². The average molecular weight is 487 g/mol. The number of anilines is 1. The fraction of sp³-hybridized carbons (Fsp3) is 0.519. The molecule has 1 atom stereocenters. The van der Waals surface area contributed by atoms with Gasteiger partial charge >= 0.3 is 0 Å². The molecule has 2 aromatic rings. The second kappa shape index (κ2) is 8.91. The molecule has 2 aromatic carbocycles. The number of amides is 1. The van der Waals surface area contributed by atoms with Crippen LogP contribution < -0.4 is 14.4 Å². The lowest BCUT2D eigenvalue weighted by Gasteiger charge is -2.38. The highest BCUT2D eigenvalue weighted by molar-refractivity contribution is 7.92. The summed E-state index contributed by atoms with van der Waals surface area (Å²) in [5, 5.41) is 3.08. The summed E-state index contributed by atoms with van der Waals surface area (Å²) >= 11 is 0. The lowest BCUT2D eigenvalue weighted by molar-refractivity contribution is -0.129. The Balaban J connectivity index is 2.02. The number of nitrogens with one attached hydrogen (secondary N) is 1. The first-order chi connectivity index (χ1) is 15.5. The minimum atomic E-state index is -3.90. The minimum Gasteiger partial charge on any atom is -0.476 e. The Labute approximate surface area is 204 Å². The quantitative estimate of drug-likeness (QED) is 0.625. The van der Waals surface area contributed by atoms with Crippen LogP contribution in [0.3, 0.4) is 0 Å². The van der Waals surface area contributed by atoms with Gasteiger partial charge in [-0.1, -0.05) is 65.8 Å². The van der Waals surface area contributed by atoms with Crippen LogP contribution in [0.5, 0.6) is 5.75 Å². The summed E-state index contributed by atoms with van der Waals surface area (Å²) in [4.78, 5) is 13.5. The molecular weight excluding hydrogens is 448 g/mol. The molecule has 1 heterocycles. The number of benzene rings is 2. The molecule has 1 amide bonds. The summed E-state index contributed by atoms with van der Waals surface area (Å²) in [6, 6.07) is 13.8. The van der Waals surface area contributed by atoms with E-state index in [1.807, 2.05) is 26.0 Å². The summed E-state index contributed by atoms with van der Waals surface area (Å²) in [7, 11) is -3.90. The number of sulfonamides is 1. The van der Waals surface area contributed by atoms with E-state index in [1.165, 1.54) is 4.31 Å². The molecule has 0 fully saturated rings. The van der Waals surface area contributed by atoms with Crippen molar-refractivity contribution in [1.29, 1.82) is 0 Å². The Morgan fingerprint density at radius 3 is 2.18 bits per heavy atom. The standard InChI is InChI=1S/C27H38N2O4S/c1-25(2,3)18-27(7,8)28-24(30)23-17-29(34(31,32)20-12-10-9-11-13-20)21-16-19(26(4,5)6)14-15-22(21)33-23/h9-16,23H,17-18H2,1-8H3,(H,28,30)/t23-/m0/s1. The van der Waals surface area contributed by atoms with Crippen LogP contribution >= 0.6 is 0 Å². The van der Waals surface area contributed by atoms with Crippen molar-refractivity contribution < 1.29 is 17.9 Å². The topological polar surface area (TPSA) is 75.7 Å². The van der Waals surface area contributed by atoms with E-state index in [4.69, 9.17) is 4.74 Å². The van der Waals surface area contributed by atoms with Crippen molar-refractivity contribution in [2.24, 2.45) is 5.41 Å². The Bertz CT molecular complexity index is 1140. The highest BCUT2D eigenvalue weighted by Gasteiger charge is 2.40. The first kappa shape index (κ1) is 26.1. The molecule has 0 saturated carbocycles. The van der Waals surface area contributed by atoms with Crippen molar-refractivity contribution in [3.05, 3.63) is 54.1 Å². The monoisotopic (exact) mass is 486 g/mol. The normalized spacial score (nSPS) is 17.1. The van der Waals surface area contributed by atoms with Gasteiger partial charge < -0.3 is 10.1 Å². The lowest BCUT2D eigenvalue weighted by atomic mass is 9.81. The molecule has 7 heteroatoms. The Kier molecular flexibility index (Phi) is 6.83. The molecule has 0 saturated heterocycles. The first-order valence-electron chi connectivity index (χ1n) is 11.7. The number of rotatable bonds is 5. The molecule has 0 radical (unpaired) electrons. The van der Waals surface area contributed by atoms with Gasteiger partial charge in [-0.3, -0.25) is 9.10 Å². The number of carbonyl (C=O) groups excluding carboxylic acids is 1. The second-order valence-corrected chi connectivity index (χ2v) is 13.9. The summed E-state index contributed by atoms with van der Waals surface area (Å²) in [5.74, 6) is 0.0561. The maximum Gasteiger partial charge on any atom is 0.264 e. The van der Waals surface area contributed by atoms with Gasteiger partial charge in [0.05, 0.1) is 17.1 Å². The van der Waals surface area contributed by atoms with Crippen molar-refractivity contribution in [2.45, 2.75) is 83.8 Å². The summed E-state index contributed by atoms with van der Waals surface area (Å²) in [5.41, 5.74) is 0.801. The van der Waals surface area contributed by atoms with Crippen molar-refractivity contribution in [1.82, 2.24) is 5.32 Å². The molecule has 0 bridgehead atoms. The molecular formula is C27H38N2O4S. The maximum atomic E-state index is 13.7. The average Bonchev–Trinajstić information content (AvgIpc) is 2.70. The van der Waals surface area contributed by atoms with Crippen LogP contribution in [0.2, 0.25) is 0 Å². The number of ether oxygens (including phenoxy) is 1. The number of hydrogen-bond acceptors (Lipinski definition) is 4.